The molecule has 0 saturated carbocycles. The molecule has 3 nitrogen and oxygen atoms in total. The Labute approximate surface area is 150 Å². The van der Waals surface area contributed by atoms with E-state index in [0.717, 1.165) is 39.1 Å². The molecule has 5 heteroatoms. The molecule has 0 aliphatic rings. The van der Waals surface area contributed by atoms with Crippen molar-refractivity contribution in [3.8, 4) is 0 Å². The zero-order chi connectivity index (χ0) is 17.1. The highest BCUT2D eigenvalue weighted by atomic mass is 32.2. The molecule has 2 aromatic carbocycles. The van der Waals surface area contributed by atoms with Crippen molar-refractivity contribution < 1.29 is 4.42 Å². The first-order valence-electron chi connectivity index (χ1n) is 8.00. The highest BCUT2D eigenvalue weighted by Crippen LogP contribution is 2.30. The summed E-state index contributed by atoms with van der Waals surface area (Å²) in [5.74, 6) is 0.658. The molecule has 0 bridgehead atoms. The summed E-state index contributed by atoms with van der Waals surface area (Å²) in [6.45, 7) is 5.97. The van der Waals surface area contributed by atoms with Crippen LogP contribution in [-0.4, -0.2) is 22.3 Å². The van der Waals surface area contributed by atoms with E-state index in [1.54, 1.807) is 17.8 Å². The Bertz CT molecular complexity index is 945. The molecule has 1 aromatic heterocycles. The van der Waals surface area contributed by atoms with Gasteiger partial charge in [-0.2, -0.15) is 0 Å². The van der Waals surface area contributed by atoms with E-state index in [-0.39, 0.29) is 5.63 Å². The van der Waals surface area contributed by atoms with Gasteiger partial charge in [-0.3, -0.25) is 0 Å². The maximum atomic E-state index is 11.9. The molecule has 0 aliphatic carbocycles. The zero-order valence-electron chi connectivity index (χ0n) is 13.7. The smallest absolute Gasteiger partial charge is 0.336 e. The van der Waals surface area contributed by atoms with Crippen LogP contribution in [0.5, 0.6) is 0 Å². The Balaban J connectivity index is 2.05. The van der Waals surface area contributed by atoms with Gasteiger partial charge in [0.05, 0.1) is 0 Å². The first-order valence-corrected chi connectivity index (χ1v) is 9.39. The lowest BCUT2D eigenvalue weighted by Gasteiger charge is -2.21. The fourth-order valence-corrected chi connectivity index (χ4v) is 4.23. The van der Waals surface area contributed by atoms with Crippen molar-refractivity contribution in [2.75, 3.05) is 13.1 Å². The molecule has 3 aromatic rings. The van der Waals surface area contributed by atoms with E-state index in [1.165, 1.54) is 0 Å². The Morgan fingerprint density at radius 1 is 1.17 bits per heavy atom. The summed E-state index contributed by atoms with van der Waals surface area (Å²) in [4.78, 5) is 14.1. The molecule has 124 valence electrons. The summed E-state index contributed by atoms with van der Waals surface area (Å²) in [6.07, 6.45) is 0. The molecule has 24 heavy (non-hydrogen) atoms. The predicted octanol–water partition coefficient (Wildman–Crippen LogP) is 4.81. The summed E-state index contributed by atoms with van der Waals surface area (Å²) in [6, 6.07) is 13.6. The van der Waals surface area contributed by atoms with Crippen LogP contribution in [-0.2, 0) is 5.75 Å². The van der Waals surface area contributed by atoms with Gasteiger partial charge in [-0.15, -0.1) is 0 Å². The third-order valence-electron chi connectivity index (χ3n) is 4.09. The van der Waals surface area contributed by atoms with E-state index < -0.39 is 0 Å². The quantitative estimate of drug-likeness (QED) is 0.380. The molecule has 0 N–H and O–H groups in total. The van der Waals surface area contributed by atoms with E-state index in [1.807, 2.05) is 24.3 Å². The van der Waals surface area contributed by atoms with Gasteiger partial charge in [0.15, 0.2) is 0 Å². The maximum absolute atomic E-state index is 11.9. The van der Waals surface area contributed by atoms with Crippen molar-refractivity contribution in [3.63, 3.8) is 0 Å². The van der Waals surface area contributed by atoms with Crippen LogP contribution >= 0.6 is 24.0 Å². The molecule has 0 radical (unpaired) electrons. The van der Waals surface area contributed by atoms with E-state index in [9.17, 15) is 4.79 Å². The molecule has 3 rings (SSSR count). The van der Waals surface area contributed by atoms with Crippen molar-refractivity contribution in [2.24, 2.45) is 0 Å². The van der Waals surface area contributed by atoms with Crippen molar-refractivity contribution in [2.45, 2.75) is 19.6 Å². The van der Waals surface area contributed by atoms with Crippen LogP contribution < -0.4 is 5.63 Å². The van der Waals surface area contributed by atoms with Gasteiger partial charge >= 0.3 is 5.63 Å². The van der Waals surface area contributed by atoms with Crippen LogP contribution in [0.3, 0.4) is 0 Å². The molecule has 1 heterocycles. The first-order chi connectivity index (χ1) is 11.6. The lowest BCUT2D eigenvalue weighted by molar-refractivity contribution is 0.482. The summed E-state index contributed by atoms with van der Waals surface area (Å²) in [5, 5.41) is 3.24. The fourth-order valence-electron chi connectivity index (χ4n) is 2.85. The lowest BCUT2D eigenvalue weighted by atomic mass is 10.0. The number of thioether (sulfide) groups is 1. The van der Waals surface area contributed by atoms with Crippen LogP contribution in [0.1, 0.15) is 19.4 Å². The van der Waals surface area contributed by atoms with Gasteiger partial charge in [0.1, 0.15) is 9.90 Å². The second-order valence-corrected chi connectivity index (χ2v) is 7.09. The van der Waals surface area contributed by atoms with Crippen LogP contribution in [0.15, 0.2) is 51.7 Å². The molecule has 0 spiro atoms. The first kappa shape index (κ1) is 17.0. The zero-order valence-corrected chi connectivity index (χ0v) is 15.4. The second-order valence-electron chi connectivity index (χ2n) is 5.48. The van der Waals surface area contributed by atoms with Crippen molar-refractivity contribution in [1.29, 1.82) is 0 Å². The molecule has 0 saturated heterocycles. The third-order valence-corrected chi connectivity index (χ3v) is 5.66. The summed E-state index contributed by atoms with van der Waals surface area (Å²) >= 11 is 7.11. The Morgan fingerprint density at radius 2 is 1.92 bits per heavy atom. The molecule has 0 amide bonds. The molecular weight excluding hydrogens is 338 g/mol. The molecule has 0 atom stereocenters. The van der Waals surface area contributed by atoms with Gasteiger partial charge in [0.2, 0.25) is 0 Å². The number of hydrogen-bond acceptors (Lipinski definition) is 4. The average Bonchev–Trinajstić information content (AvgIpc) is 2.60. The van der Waals surface area contributed by atoms with Crippen molar-refractivity contribution in [3.05, 3.63) is 58.4 Å². The van der Waals surface area contributed by atoms with Gasteiger partial charge in [0, 0.05) is 30.3 Å². The highest BCUT2D eigenvalue weighted by molar-refractivity contribution is 8.22. The summed E-state index contributed by atoms with van der Waals surface area (Å²) < 4.78 is 6.26. The van der Waals surface area contributed by atoms with Gasteiger partial charge in [-0.1, -0.05) is 54.3 Å². The minimum absolute atomic E-state index is 0.317. The Morgan fingerprint density at radius 3 is 2.67 bits per heavy atom. The molecule has 0 unspecified atom stereocenters. The third kappa shape index (κ3) is 3.32. The number of fused-ring (bicyclic) bond motifs is 3. The molecule has 0 fully saturated rings. The number of rotatable bonds is 4. The average molecular weight is 358 g/mol. The largest absolute Gasteiger partial charge is 0.423 e. The Hall–Kier alpha value is -1.85. The topological polar surface area (TPSA) is 33.5 Å². The van der Waals surface area contributed by atoms with Gasteiger partial charge in [-0.25, -0.2) is 4.79 Å². The standard InChI is InChI=1S/C19H19NO2S2/c1-3-20(4-2)19(23)24-12-14-11-17(21)22-16-10-9-13-7-5-6-8-15(13)18(14)16/h5-11H,3-4,12H2,1-2H3. The van der Waals surface area contributed by atoms with Crippen LogP contribution in [0.4, 0.5) is 0 Å². The minimum atomic E-state index is -0.317. The maximum Gasteiger partial charge on any atom is 0.336 e. The van der Waals surface area contributed by atoms with Gasteiger partial charge < -0.3 is 9.32 Å². The van der Waals surface area contributed by atoms with Crippen molar-refractivity contribution in [1.82, 2.24) is 4.90 Å². The van der Waals surface area contributed by atoms with E-state index >= 15 is 0 Å². The Kier molecular flexibility index (Phi) is 5.21. The SMILES string of the molecule is CCN(CC)C(=S)SCc1cc(=O)oc2ccc3ccccc3c12. The second kappa shape index (κ2) is 7.36. The number of nitrogens with zero attached hydrogens (tertiary/aromatic N) is 1. The number of benzene rings is 2. The van der Waals surface area contributed by atoms with Gasteiger partial charge in [-0.05, 0) is 36.2 Å². The normalized spacial score (nSPS) is 11.1. The van der Waals surface area contributed by atoms with Crippen molar-refractivity contribution >= 4 is 50.0 Å². The number of thiocarbonyl (C=S) groups is 1. The highest BCUT2D eigenvalue weighted by Gasteiger charge is 2.12. The monoisotopic (exact) mass is 357 g/mol. The molecular formula is C19H19NO2S2. The van der Waals surface area contributed by atoms with E-state index in [2.05, 4.69) is 30.9 Å². The summed E-state index contributed by atoms with van der Waals surface area (Å²) in [7, 11) is 0. The van der Waals surface area contributed by atoms with E-state index in [0.29, 0.717) is 11.3 Å². The van der Waals surface area contributed by atoms with Crippen LogP contribution in [0.25, 0.3) is 21.7 Å². The minimum Gasteiger partial charge on any atom is -0.423 e. The van der Waals surface area contributed by atoms with Crippen LogP contribution in [0, 0.1) is 0 Å². The van der Waals surface area contributed by atoms with Crippen LogP contribution in [0.2, 0.25) is 0 Å². The lowest BCUT2D eigenvalue weighted by Crippen LogP contribution is -2.26. The molecule has 0 aliphatic heterocycles. The van der Waals surface area contributed by atoms with Gasteiger partial charge in [0.25, 0.3) is 0 Å². The summed E-state index contributed by atoms with van der Waals surface area (Å²) in [5.41, 5.74) is 1.28. The predicted molar refractivity (Wildman–Crippen MR) is 107 cm³/mol. The number of hydrogen-bond donors (Lipinski definition) is 0. The fraction of sp³-hybridized carbons (Fsp3) is 0.263. The van der Waals surface area contributed by atoms with E-state index in [4.69, 9.17) is 16.6 Å².